The first-order chi connectivity index (χ1) is 8.28. The fraction of sp³-hybridized carbons (Fsp3) is 0.417. The number of hydrogen-bond acceptors (Lipinski definition) is 3. The summed E-state index contributed by atoms with van der Waals surface area (Å²) in [5, 5.41) is 4.22. The van der Waals surface area contributed by atoms with Crippen LogP contribution in [0, 0.1) is 0 Å². The van der Waals surface area contributed by atoms with E-state index in [-0.39, 0.29) is 5.28 Å². The lowest BCUT2D eigenvalue weighted by atomic mass is 9.91. The first-order valence-corrected chi connectivity index (χ1v) is 6.11. The normalized spacial score (nSPS) is 14.7. The number of fused-ring (bicyclic) bond motifs is 2. The maximum Gasteiger partial charge on any atom is 0.315 e. The molecule has 5 heteroatoms. The summed E-state index contributed by atoms with van der Waals surface area (Å²) in [6, 6.07) is 4.22. The van der Waals surface area contributed by atoms with Crippen LogP contribution in [0.1, 0.15) is 24.0 Å². The van der Waals surface area contributed by atoms with Gasteiger partial charge in [0.05, 0.1) is 5.10 Å². The number of benzene rings is 1. The highest BCUT2D eigenvalue weighted by atomic mass is 35.5. The molecule has 1 aromatic carbocycles. The van der Waals surface area contributed by atoms with E-state index in [0.717, 1.165) is 23.9 Å². The van der Waals surface area contributed by atoms with Crippen molar-refractivity contribution in [2.75, 3.05) is 7.11 Å². The highest BCUT2D eigenvalue weighted by Crippen LogP contribution is 2.24. The Hall–Kier alpha value is -1.42. The second kappa shape index (κ2) is 4.11. The number of aryl methyl sites for hydroxylation is 2. The van der Waals surface area contributed by atoms with E-state index in [0.29, 0.717) is 0 Å². The van der Waals surface area contributed by atoms with Crippen LogP contribution < -0.4 is 9.68 Å². The van der Waals surface area contributed by atoms with Gasteiger partial charge in [0.15, 0.2) is 7.11 Å². The van der Waals surface area contributed by atoms with Crippen molar-refractivity contribution in [1.29, 1.82) is 0 Å². The molecule has 88 valence electrons. The van der Waals surface area contributed by atoms with Gasteiger partial charge < -0.3 is 0 Å². The van der Waals surface area contributed by atoms with Gasteiger partial charge in [-0.05, 0) is 54.5 Å². The van der Waals surface area contributed by atoms with Gasteiger partial charge in [-0.2, -0.15) is 0 Å². The smallest absolute Gasteiger partial charge is 0.248 e. The minimum atomic E-state index is 0.204. The third-order valence-corrected chi connectivity index (χ3v) is 3.36. The fourth-order valence-electron chi connectivity index (χ4n) is 2.39. The van der Waals surface area contributed by atoms with Gasteiger partial charge in [-0.3, -0.25) is 0 Å². The molecule has 1 aromatic heterocycles. The standard InChI is InChI=1S/C12H13ClN3O/c1-17-16-11-7-9-5-3-2-4-8(9)6-10(11)14-12(13)15-16/h6-7H,2-5H2,1H3/q+1. The lowest BCUT2D eigenvalue weighted by Crippen LogP contribution is -2.45. The molecule has 0 aliphatic heterocycles. The predicted molar refractivity (Wildman–Crippen MR) is 63.9 cm³/mol. The van der Waals surface area contributed by atoms with Crippen LogP contribution in [0.3, 0.4) is 0 Å². The van der Waals surface area contributed by atoms with Crippen LogP contribution in [0.5, 0.6) is 0 Å². The van der Waals surface area contributed by atoms with E-state index in [2.05, 4.69) is 22.2 Å². The van der Waals surface area contributed by atoms with Crippen molar-refractivity contribution in [3.05, 3.63) is 28.5 Å². The Balaban J connectivity index is 2.29. The second-order valence-corrected chi connectivity index (χ2v) is 4.59. The van der Waals surface area contributed by atoms with Crippen molar-refractivity contribution >= 4 is 22.6 Å². The summed E-state index contributed by atoms with van der Waals surface area (Å²) in [6.07, 6.45) is 4.75. The van der Waals surface area contributed by atoms with Gasteiger partial charge in [0.25, 0.3) is 5.28 Å². The minimum absolute atomic E-state index is 0.204. The largest absolute Gasteiger partial charge is 0.315 e. The zero-order chi connectivity index (χ0) is 11.8. The maximum absolute atomic E-state index is 5.86. The molecule has 0 saturated heterocycles. The zero-order valence-electron chi connectivity index (χ0n) is 9.61. The molecule has 0 atom stereocenters. The molecule has 0 amide bonds. The van der Waals surface area contributed by atoms with E-state index in [1.807, 2.05) is 0 Å². The molecule has 1 heterocycles. The third kappa shape index (κ3) is 1.82. The van der Waals surface area contributed by atoms with Gasteiger partial charge in [-0.15, -0.1) is 0 Å². The summed E-state index contributed by atoms with van der Waals surface area (Å²) in [5.41, 5.74) is 4.46. The Kier molecular flexibility index (Phi) is 2.59. The average Bonchev–Trinajstić information content (AvgIpc) is 2.35. The fourth-order valence-corrected chi connectivity index (χ4v) is 2.55. The quantitative estimate of drug-likeness (QED) is 0.721. The Morgan fingerprint density at radius 1 is 1.24 bits per heavy atom. The molecule has 0 bridgehead atoms. The third-order valence-electron chi connectivity index (χ3n) is 3.20. The monoisotopic (exact) mass is 250 g/mol. The zero-order valence-corrected chi connectivity index (χ0v) is 10.4. The van der Waals surface area contributed by atoms with Crippen LogP contribution in [0.2, 0.25) is 5.28 Å². The topological polar surface area (TPSA) is 38.9 Å². The summed E-state index contributed by atoms with van der Waals surface area (Å²) >= 11 is 5.86. The van der Waals surface area contributed by atoms with E-state index in [4.69, 9.17) is 16.4 Å². The molecular weight excluding hydrogens is 238 g/mol. The number of nitrogens with zero attached hydrogens (tertiary/aromatic N) is 3. The van der Waals surface area contributed by atoms with Crippen LogP contribution >= 0.6 is 11.6 Å². The Morgan fingerprint density at radius 3 is 2.65 bits per heavy atom. The lowest BCUT2D eigenvalue weighted by Gasteiger charge is -2.14. The minimum Gasteiger partial charge on any atom is -0.248 e. The Labute approximate surface area is 104 Å². The summed E-state index contributed by atoms with van der Waals surface area (Å²) in [6.45, 7) is 0. The molecule has 0 radical (unpaired) electrons. The predicted octanol–water partition coefficient (Wildman–Crippen LogP) is 1.51. The summed E-state index contributed by atoms with van der Waals surface area (Å²) in [7, 11) is 1.57. The van der Waals surface area contributed by atoms with Crippen LogP contribution in [0.25, 0.3) is 11.0 Å². The molecule has 0 fully saturated rings. The first kappa shape index (κ1) is 10.7. The van der Waals surface area contributed by atoms with Gasteiger partial charge in [0, 0.05) is 6.07 Å². The molecule has 1 aliphatic rings. The van der Waals surface area contributed by atoms with Gasteiger partial charge in [0.2, 0.25) is 0 Å². The molecule has 0 saturated carbocycles. The average molecular weight is 251 g/mol. The highest BCUT2D eigenvalue weighted by Gasteiger charge is 2.20. The molecule has 17 heavy (non-hydrogen) atoms. The van der Waals surface area contributed by atoms with Crippen molar-refractivity contribution in [2.45, 2.75) is 25.7 Å². The summed E-state index contributed by atoms with van der Waals surface area (Å²) in [4.78, 5) is 10.9. The van der Waals surface area contributed by atoms with E-state index < -0.39 is 0 Å². The van der Waals surface area contributed by atoms with Gasteiger partial charge in [-0.1, -0.05) is 0 Å². The van der Waals surface area contributed by atoms with Gasteiger partial charge >= 0.3 is 5.52 Å². The molecule has 0 spiro atoms. The molecule has 4 nitrogen and oxygen atoms in total. The summed E-state index contributed by atoms with van der Waals surface area (Å²) < 4.78 is 0. The van der Waals surface area contributed by atoms with Crippen LogP contribution in [-0.4, -0.2) is 17.2 Å². The van der Waals surface area contributed by atoms with E-state index in [9.17, 15) is 0 Å². The Morgan fingerprint density at radius 2 is 1.94 bits per heavy atom. The number of aromatic nitrogens is 3. The van der Waals surface area contributed by atoms with Crippen LogP contribution in [-0.2, 0) is 12.8 Å². The molecule has 2 aromatic rings. The number of rotatable bonds is 1. The SMILES string of the molecule is CO[n+]1nc(Cl)nc2cc3c(cc21)CCCC3. The number of halogens is 1. The second-order valence-electron chi connectivity index (χ2n) is 4.25. The van der Waals surface area contributed by atoms with Crippen molar-refractivity contribution in [2.24, 2.45) is 0 Å². The van der Waals surface area contributed by atoms with E-state index >= 15 is 0 Å². The molecule has 0 N–H and O–H groups in total. The van der Waals surface area contributed by atoms with E-state index in [1.165, 1.54) is 28.8 Å². The molecule has 0 unspecified atom stereocenters. The van der Waals surface area contributed by atoms with Crippen molar-refractivity contribution in [1.82, 2.24) is 10.1 Å². The van der Waals surface area contributed by atoms with E-state index in [1.54, 1.807) is 7.11 Å². The molecule has 1 aliphatic carbocycles. The van der Waals surface area contributed by atoms with Crippen LogP contribution in [0.4, 0.5) is 0 Å². The maximum atomic E-state index is 5.86. The Bertz CT molecular complexity index is 585. The van der Waals surface area contributed by atoms with Gasteiger partial charge in [-0.25, -0.2) is 9.82 Å². The molecule has 3 rings (SSSR count). The van der Waals surface area contributed by atoms with Crippen molar-refractivity contribution in [3.8, 4) is 0 Å². The summed E-state index contributed by atoms with van der Waals surface area (Å²) in [5.74, 6) is 0. The van der Waals surface area contributed by atoms with Crippen molar-refractivity contribution < 1.29 is 9.68 Å². The first-order valence-electron chi connectivity index (χ1n) is 5.74. The highest BCUT2D eigenvalue weighted by molar-refractivity contribution is 6.28. The van der Waals surface area contributed by atoms with Crippen LogP contribution in [0.15, 0.2) is 12.1 Å². The van der Waals surface area contributed by atoms with Crippen molar-refractivity contribution in [3.63, 3.8) is 0 Å². The lowest BCUT2D eigenvalue weighted by molar-refractivity contribution is -0.910. The van der Waals surface area contributed by atoms with Gasteiger partial charge in [0.1, 0.15) is 10.4 Å². The molecular formula is C12H13ClN3O+. The number of hydrogen-bond donors (Lipinski definition) is 0.